The van der Waals surface area contributed by atoms with E-state index in [-0.39, 0.29) is 21.3 Å². The summed E-state index contributed by atoms with van der Waals surface area (Å²) in [6, 6.07) is 4.70. The van der Waals surface area contributed by atoms with Gasteiger partial charge in [0.05, 0.1) is 11.6 Å². The molecule has 3 N–H and O–H groups in total. The molecule has 0 bridgehead atoms. The van der Waals surface area contributed by atoms with Crippen LogP contribution in [0.3, 0.4) is 0 Å². The molecule has 1 rings (SSSR count). The first-order valence-corrected chi connectivity index (χ1v) is 10.2. The lowest BCUT2D eigenvalue weighted by molar-refractivity contribution is 0.332. The van der Waals surface area contributed by atoms with Crippen molar-refractivity contribution >= 4 is 32.1 Å². The number of sulfonamides is 1. The van der Waals surface area contributed by atoms with E-state index in [2.05, 4.69) is 25.5 Å². The summed E-state index contributed by atoms with van der Waals surface area (Å²) in [5, 5.41) is 5.26. The lowest BCUT2D eigenvalue weighted by Gasteiger charge is -2.46. The second-order valence-corrected chi connectivity index (χ2v) is 11.2. The van der Waals surface area contributed by atoms with Crippen LogP contribution >= 0.6 is 22.1 Å². The van der Waals surface area contributed by atoms with Crippen LogP contribution in [0.1, 0.15) is 26.3 Å². The van der Waals surface area contributed by atoms with Gasteiger partial charge in [0.1, 0.15) is 4.90 Å². The summed E-state index contributed by atoms with van der Waals surface area (Å²) in [4.78, 5) is -0.0813. The van der Waals surface area contributed by atoms with E-state index in [9.17, 15) is 8.42 Å². The van der Waals surface area contributed by atoms with Gasteiger partial charge in [-0.15, -0.1) is 0 Å². The summed E-state index contributed by atoms with van der Waals surface area (Å²) >= 11 is 5.86. The average Bonchev–Trinajstić information content (AvgIpc) is 2.34. The van der Waals surface area contributed by atoms with Crippen molar-refractivity contribution in [3.8, 4) is 0 Å². The summed E-state index contributed by atoms with van der Waals surface area (Å²) in [5.41, 5.74) is 0.710. The smallest absolute Gasteiger partial charge is 0.239 e. The first-order chi connectivity index (χ1) is 9.40. The SMILES string of the molecule is CNS(C)(OCc1ccc(Cl)c(S(N)(=O)=O)c1)C(C)(C)C. The van der Waals surface area contributed by atoms with E-state index < -0.39 is 20.5 Å². The number of benzene rings is 1. The van der Waals surface area contributed by atoms with Gasteiger partial charge in [-0.25, -0.2) is 13.6 Å². The van der Waals surface area contributed by atoms with Crippen molar-refractivity contribution in [1.29, 1.82) is 0 Å². The lowest BCUT2D eigenvalue weighted by atomic mass is 10.2. The molecule has 0 fully saturated rings. The fraction of sp³-hybridized carbons (Fsp3) is 0.538. The van der Waals surface area contributed by atoms with Crippen molar-refractivity contribution in [3.05, 3.63) is 28.8 Å². The monoisotopic (exact) mass is 354 g/mol. The minimum absolute atomic E-state index is 0.0586. The van der Waals surface area contributed by atoms with Crippen LogP contribution in [0.5, 0.6) is 0 Å². The predicted molar refractivity (Wildman–Crippen MR) is 89.9 cm³/mol. The maximum Gasteiger partial charge on any atom is 0.239 e. The Labute approximate surface area is 133 Å². The molecule has 0 aliphatic carbocycles. The molecule has 0 aliphatic rings. The van der Waals surface area contributed by atoms with Crippen LogP contribution < -0.4 is 9.86 Å². The molecule has 0 aromatic heterocycles. The third-order valence-electron chi connectivity index (χ3n) is 3.32. The summed E-state index contributed by atoms with van der Waals surface area (Å²) in [5.74, 6) is 0. The van der Waals surface area contributed by atoms with E-state index in [0.717, 1.165) is 0 Å². The number of halogens is 1. The Morgan fingerprint density at radius 2 is 1.90 bits per heavy atom. The molecular weight excluding hydrogens is 332 g/mol. The number of hydrogen-bond acceptors (Lipinski definition) is 4. The second-order valence-electron chi connectivity index (χ2n) is 5.73. The quantitative estimate of drug-likeness (QED) is 0.851. The van der Waals surface area contributed by atoms with Gasteiger partial charge in [-0.05, 0) is 45.5 Å². The molecule has 21 heavy (non-hydrogen) atoms. The zero-order valence-corrected chi connectivity index (χ0v) is 15.3. The molecule has 0 spiro atoms. The molecule has 1 unspecified atom stereocenters. The van der Waals surface area contributed by atoms with Crippen molar-refractivity contribution in [1.82, 2.24) is 4.72 Å². The molecule has 0 heterocycles. The Kier molecular flexibility index (Phi) is 5.74. The third-order valence-corrected chi connectivity index (χ3v) is 8.42. The normalized spacial score (nSPS) is 17.3. The van der Waals surface area contributed by atoms with E-state index in [4.69, 9.17) is 20.9 Å². The van der Waals surface area contributed by atoms with E-state index in [1.54, 1.807) is 6.07 Å². The average molecular weight is 355 g/mol. The lowest BCUT2D eigenvalue weighted by Crippen LogP contribution is -2.34. The molecule has 0 radical (unpaired) electrons. The second kappa shape index (κ2) is 6.44. The fourth-order valence-electron chi connectivity index (χ4n) is 1.58. The summed E-state index contributed by atoms with van der Waals surface area (Å²) < 4.78 is 32.1. The maximum absolute atomic E-state index is 11.5. The fourth-order valence-corrected chi connectivity index (χ4v) is 4.13. The Hall–Kier alpha value is -0.310. The van der Waals surface area contributed by atoms with Gasteiger partial charge in [-0.1, -0.05) is 28.2 Å². The first-order valence-electron chi connectivity index (χ1n) is 6.33. The van der Waals surface area contributed by atoms with Gasteiger partial charge < -0.3 is 4.18 Å². The van der Waals surface area contributed by atoms with E-state index >= 15 is 0 Å². The van der Waals surface area contributed by atoms with Crippen molar-refractivity contribution < 1.29 is 12.6 Å². The summed E-state index contributed by atoms with van der Waals surface area (Å²) in [6.45, 7) is 6.56. The van der Waals surface area contributed by atoms with Gasteiger partial charge in [0.2, 0.25) is 10.0 Å². The van der Waals surface area contributed by atoms with Crippen LogP contribution in [0.15, 0.2) is 23.1 Å². The topological polar surface area (TPSA) is 81.4 Å². The van der Waals surface area contributed by atoms with Gasteiger partial charge in [-0.3, -0.25) is 4.72 Å². The largest absolute Gasteiger partial charge is 0.319 e. The molecule has 5 nitrogen and oxygen atoms in total. The minimum Gasteiger partial charge on any atom is -0.319 e. The molecule has 0 aliphatic heterocycles. The minimum atomic E-state index is -3.84. The Bertz CT molecular complexity index is 614. The molecule has 0 amide bonds. The van der Waals surface area contributed by atoms with Crippen LogP contribution in [0.25, 0.3) is 0 Å². The molecule has 0 saturated carbocycles. The number of nitrogens with one attached hydrogen (secondary N) is 1. The van der Waals surface area contributed by atoms with Crippen molar-refractivity contribution in [2.75, 3.05) is 13.3 Å². The Morgan fingerprint density at radius 3 is 2.33 bits per heavy atom. The van der Waals surface area contributed by atoms with Gasteiger partial charge in [0, 0.05) is 11.0 Å². The van der Waals surface area contributed by atoms with Crippen molar-refractivity contribution in [2.24, 2.45) is 5.14 Å². The van der Waals surface area contributed by atoms with Gasteiger partial charge >= 0.3 is 0 Å². The van der Waals surface area contributed by atoms with Crippen molar-refractivity contribution in [2.45, 2.75) is 37.0 Å². The highest BCUT2D eigenvalue weighted by molar-refractivity contribution is 8.28. The highest BCUT2D eigenvalue weighted by Gasteiger charge is 2.32. The molecule has 122 valence electrons. The highest BCUT2D eigenvalue weighted by atomic mass is 35.5. The predicted octanol–water partition coefficient (Wildman–Crippen LogP) is 2.79. The Balaban J connectivity index is 3.01. The molecule has 1 atom stereocenters. The number of hydrogen-bond donors (Lipinski definition) is 2. The highest BCUT2D eigenvalue weighted by Crippen LogP contribution is 2.53. The molecular formula is C13H23ClN2O3S2. The van der Waals surface area contributed by atoms with Gasteiger partial charge in [0.25, 0.3) is 0 Å². The van der Waals surface area contributed by atoms with E-state index in [1.807, 2.05) is 13.3 Å². The molecule has 0 saturated heterocycles. The van der Waals surface area contributed by atoms with E-state index in [1.165, 1.54) is 12.1 Å². The standard InChI is InChI=1S/C13H23ClN2O3S2/c1-13(2,3)20(5,16-4)19-9-10-6-7-11(14)12(8-10)21(15,17)18/h6-8,16H,9H2,1-5H3,(H2,15,17,18). The van der Waals surface area contributed by atoms with Crippen LogP contribution in [0, 0.1) is 0 Å². The first kappa shape index (κ1) is 18.7. The van der Waals surface area contributed by atoms with Crippen molar-refractivity contribution in [3.63, 3.8) is 0 Å². The number of nitrogens with two attached hydrogens (primary N) is 1. The molecule has 1 aromatic carbocycles. The van der Waals surface area contributed by atoms with Gasteiger partial charge in [0.15, 0.2) is 0 Å². The maximum atomic E-state index is 11.5. The van der Waals surface area contributed by atoms with Crippen LogP contribution in [-0.4, -0.2) is 26.5 Å². The van der Waals surface area contributed by atoms with Crippen LogP contribution in [0.2, 0.25) is 5.02 Å². The Morgan fingerprint density at radius 1 is 1.33 bits per heavy atom. The molecule has 8 heteroatoms. The zero-order chi connectivity index (χ0) is 16.5. The number of rotatable bonds is 5. The third kappa shape index (κ3) is 4.58. The number of primary sulfonamides is 1. The van der Waals surface area contributed by atoms with Crippen LogP contribution in [0.4, 0.5) is 0 Å². The summed E-state index contributed by atoms with van der Waals surface area (Å²) in [7, 11) is -3.49. The molecule has 1 aromatic rings. The zero-order valence-electron chi connectivity index (χ0n) is 12.9. The summed E-state index contributed by atoms with van der Waals surface area (Å²) in [6.07, 6.45) is 2.03. The van der Waals surface area contributed by atoms with Gasteiger partial charge in [-0.2, -0.15) is 0 Å². The van der Waals surface area contributed by atoms with Crippen LogP contribution in [-0.2, 0) is 20.8 Å². The van der Waals surface area contributed by atoms with E-state index in [0.29, 0.717) is 5.56 Å².